The van der Waals surface area contributed by atoms with E-state index in [2.05, 4.69) is 17.5 Å². The summed E-state index contributed by atoms with van der Waals surface area (Å²) in [5.74, 6) is 0. The smallest absolute Gasteiger partial charge is 0.320 e. The molecular formula is C22H22N4O. The Kier molecular flexibility index (Phi) is 5.14. The maximum atomic E-state index is 12.2. The first-order chi connectivity index (χ1) is 13.0. The third kappa shape index (κ3) is 3.50. The third-order valence-corrected chi connectivity index (χ3v) is 5.31. The van der Waals surface area contributed by atoms with Gasteiger partial charge in [0.2, 0.25) is 0 Å². The van der Waals surface area contributed by atoms with Crippen molar-refractivity contribution in [1.29, 1.82) is 10.5 Å². The topological polar surface area (TPSA) is 79.9 Å². The Morgan fingerprint density at radius 2 is 2.00 bits per heavy atom. The number of amides is 2. The van der Waals surface area contributed by atoms with Crippen LogP contribution in [0, 0.1) is 22.7 Å². The predicted molar refractivity (Wildman–Crippen MR) is 104 cm³/mol. The molecule has 0 aliphatic carbocycles. The van der Waals surface area contributed by atoms with Gasteiger partial charge in [-0.2, -0.15) is 10.5 Å². The number of hydrogen-bond donors (Lipinski definition) is 1. The van der Waals surface area contributed by atoms with Crippen LogP contribution in [0.2, 0.25) is 0 Å². The molecule has 0 fully saturated rings. The monoisotopic (exact) mass is 358 g/mol. The zero-order chi connectivity index (χ0) is 19.4. The molecule has 0 aromatic heterocycles. The number of benzene rings is 2. The van der Waals surface area contributed by atoms with E-state index in [1.807, 2.05) is 50.2 Å². The molecule has 2 aromatic carbocycles. The average Bonchev–Trinajstić information content (AvgIpc) is 2.71. The number of anilines is 1. The van der Waals surface area contributed by atoms with Crippen LogP contribution in [0.25, 0.3) is 0 Å². The second-order valence-electron chi connectivity index (χ2n) is 6.85. The number of nitriles is 2. The standard InChI is InChI=1S/C22H22N4O/c1-3-22(15-24,12-16-6-5-7-17(10-16)13-23)19-9-8-18-14-26(4-2)21(27)25-20(18)11-19/h5-11H,3-4,12,14H2,1-2H3,(H,25,27). The van der Waals surface area contributed by atoms with Crippen molar-refractivity contribution in [2.75, 3.05) is 11.9 Å². The lowest BCUT2D eigenvalue weighted by Gasteiger charge is -2.31. The van der Waals surface area contributed by atoms with E-state index in [-0.39, 0.29) is 6.03 Å². The molecule has 136 valence electrons. The Bertz CT molecular complexity index is 954. The van der Waals surface area contributed by atoms with Gasteiger partial charge in [0, 0.05) is 18.8 Å². The molecular weight excluding hydrogens is 336 g/mol. The van der Waals surface area contributed by atoms with Crippen LogP contribution in [0.5, 0.6) is 0 Å². The summed E-state index contributed by atoms with van der Waals surface area (Å²) in [4.78, 5) is 13.9. The molecule has 0 radical (unpaired) electrons. The molecule has 0 spiro atoms. The van der Waals surface area contributed by atoms with Crippen LogP contribution in [0.15, 0.2) is 42.5 Å². The van der Waals surface area contributed by atoms with Crippen LogP contribution < -0.4 is 5.32 Å². The van der Waals surface area contributed by atoms with Gasteiger partial charge in [0.05, 0.1) is 23.1 Å². The maximum Gasteiger partial charge on any atom is 0.322 e. The molecule has 1 N–H and O–H groups in total. The number of fused-ring (bicyclic) bond motifs is 1. The van der Waals surface area contributed by atoms with Crippen molar-refractivity contribution in [2.24, 2.45) is 0 Å². The molecule has 2 aromatic rings. The van der Waals surface area contributed by atoms with Crippen molar-refractivity contribution < 1.29 is 4.79 Å². The minimum Gasteiger partial charge on any atom is -0.320 e. The molecule has 1 aliphatic heterocycles. The quantitative estimate of drug-likeness (QED) is 0.863. The minimum atomic E-state index is -0.713. The lowest BCUT2D eigenvalue weighted by Crippen LogP contribution is -2.38. The van der Waals surface area contributed by atoms with Crippen molar-refractivity contribution in [3.8, 4) is 12.1 Å². The minimum absolute atomic E-state index is 0.108. The Hall–Kier alpha value is -3.31. The molecule has 3 rings (SSSR count). The molecule has 0 saturated heterocycles. The van der Waals surface area contributed by atoms with Crippen molar-refractivity contribution in [1.82, 2.24) is 4.90 Å². The Morgan fingerprint density at radius 1 is 1.19 bits per heavy atom. The van der Waals surface area contributed by atoms with Gasteiger partial charge in [-0.3, -0.25) is 0 Å². The summed E-state index contributed by atoms with van der Waals surface area (Å²) in [5, 5.41) is 22.1. The summed E-state index contributed by atoms with van der Waals surface area (Å²) in [7, 11) is 0. The number of urea groups is 1. The number of hydrogen-bond acceptors (Lipinski definition) is 3. The highest BCUT2D eigenvalue weighted by molar-refractivity contribution is 5.92. The number of nitrogens with one attached hydrogen (secondary N) is 1. The van der Waals surface area contributed by atoms with Crippen molar-refractivity contribution in [3.63, 3.8) is 0 Å². The van der Waals surface area contributed by atoms with Crippen LogP contribution in [-0.4, -0.2) is 17.5 Å². The SMILES string of the molecule is CCN1Cc2ccc(C(C#N)(CC)Cc3cccc(C#N)c3)cc2NC1=O. The first kappa shape index (κ1) is 18.5. The first-order valence-electron chi connectivity index (χ1n) is 9.15. The van der Waals surface area contributed by atoms with Gasteiger partial charge in [0.1, 0.15) is 0 Å². The number of carbonyl (C=O) groups is 1. The van der Waals surface area contributed by atoms with E-state index >= 15 is 0 Å². The number of carbonyl (C=O) groups excluding carboxylic acids is 1. The van der Waals surface area contributed by atoms with E-state index < -0.39 is 5.41 Å². The summed E-state index contributed by atoms with van der Waals surface area (Å²) in [6.45, 7) is 5.17. The zero-order valence-corrected chi connectivity index (χ0v) is 15.6. The summed E-state index contributed by atoms with van der Waals surface area (Å²) in [5.41, 5.74) is 3.55. The lowest BCUT2D eigenvalue weighted by atomic mass is 9.74. The van der Waals surface area contributed by atoms with E-state index in [1.54, 1.807) is 11.0 Å². The summed E-state index contributed by atoms with van der Waals surface area (Å²) >= 11 is 0. The van der Waals surface area contributed by atoms with E-state index in [9.17, 15) is 10.1 Å². The van der Waals surface area contributed by atoms with Crippen LogP contribution in [0.1, 0.15) is 42.5 Å². The molecule has 0 bridgehead atoms. The van der Waals surface area contributed by atoms with Crippen molar-refractivity contribution in [3.05, 3.63) is 64.7 Å². The fourth-order valence-electron chi connectivity index (χ4n) is 3.57. The van der Waals surface area contributed by atoms with E-state index in [4.69, 9.17) is 5.26 Å². The molecule has 1 heterocycles. The van der Waals surface area contributed by atoms with Gasteiger partial charge in [-0.05, 0) is 54.7 Å². The summed E-state index contributed by atoms with van der Waals surface area (Å²) in [6.07, 6.45) is 1.15. The van der Waals surface area contributed by atoms with E-state index in [0.29, 0.717) is 31.5 Å². The molecule has 0 saturated carbocycles. The highest BCUT2D eigenvalue weighted by atomic mass is 16.2. The lowest BCUT2D eigenvalue weighted by molar-refractivity contribution is 0.210. The van der Waals surface area contributed by atoms with E-state index in [0.717, 1.165) is 22.4 Å². The van der Waals surface area contributed by atoms with Crippen LogP contribution in [0.4, 0.5) is 10.5 Å². The largest absolute Gasteiger partial charge is 0.322 e. The van der Waals surface area contributed by atoms with Crippen LogP contribution >= 0.6 is 0 Å². The van der Waals surface area contributed by atoms with Gasteiger partial charge >= 0.3 is 6.03 Å². The summed E-state index contributed by atoms with van der Waals surface area (Å²) < 4.78 is 0. The number of rotatable bonds is 5. The van der Waals surface area contributed by atoms with Crippen LogP contribution in [-0.2, 0) is 18.4 Å². The van der Waals surface area contributed by atoms with Crippen LogP contribution in [0.3, 0.4) is 0 Å². The first-order valence-corrected chi connectivity index (χ1v) is 9.15. The normalized spacial score (nSPS) is 15.1. The Morgan fingerprint density at radius 3 is 2.67 bits per heavy atom. The number of nitrogens with zero attached hydrogens (tertiary/aromatic N) is 3. The van der Waals surface area contributed by atoms with Gasteiger partial charge in [-0.1, -0.05) is 31.2 Å². The van der Waals surface area contributed by atoms with Gasteiger partial charge in [-0.15, -0.1) is 0 Å². The van der Waals surface area contributed by atoms with Gasteiger partial charge in [0.15, 0.2) is 0 Å². The van der Waals surface area contributed by atoms with Crippen molar-refractivity contribution >= 4 is 11.7 Å². The average molecular weight is 358 g/mol. The molecule has 5 nitrogen and oxygen atoms in total. The Labute approximate surface area is 159 Å². The Balaban J connectivity index is 1.98. The van der Waals surface area contributed by atoms with Crippen molar-refractivity contribution in [2.45, 2.75) is 38.6 Å². The molecule has 1 unspecified atom stereocenters. The fourth-order valence-corrected chi connectivity index (χ4v) is 3.57. The van der Waals surface area contributed by atoms with Gasteiger partial charge < -0.3 is 10.2 Å². The summed E-state index contributed by atoms with van der Waals surface area (Å²) in [6, 6.07) is 17.9. The van der Waals surface area contributed by atoms with Gasteiger partial charge in [-0.25, -0.2) is 4.79 Å². The second kappa shape index (κ2) is 7.51. The highest BCUT2D eigenvalue weighted by Crippen LogP contribution is 2.35. The third-order valence-electron chi connectivity index (χ3n) is 5.31. The highest BCUT2D eigenvalue weighted by Gasteiger charge is 2.32. The maximum absolute atomic E-state index is 12.2. The molecule has 1 aliphatic rings. The molecule has 5 heteroatoms. The molecule has 1 atom stereocenters. The molecule has 27 heavy (non-hydrogen) atoms. The second-order valence-corrected chi connectivity index (χ2v) is 6.85. The molecule has 2 amide bonds. The van der Waals surface area contributed by atoms with Gasteiger partial charge in [0.25, 0.3) is 0 Å². The zero-order valence-electron chi connectivity index (χ0n) is 15.6. The van der Waals surface area contributed by atoms with E-state index in [1.165, 1.54) is 0 Å². The predicted octanol–water partition coefficient (Wildman–Crippen LogP) is 4.34. The fraction of sp³-hybridized carbons (Fsp3) is 0.318.